The number of esters is 4. The third-order valence-electron chi connectivity index (χ3n) is 4.27. The highest BCUT2D eigenvalue weighted by Crippen LogP contribution is 2.10. The van der Waals surface area contributed by atoms with Crippen LogP contribution >= 0.6 is 0 Å². The molecule has 0 unspecified atom stereocenters. The molecule has 0 aliphatic heterocycles. The maximum Gasteiger partial charge on any atom is 0.333 e. The van der Waals surface area contributed by atoms with Gasteiger partial charge in [0.25, 0.3) is 0 Å². The quantitative estimate of drug-likeness (QED) is 0.131. The molecule has 0 aliphatic rings. The molecular weight excluding hydrogens is 544 g/mol. The summed E-state index contributed by atoms with van der Waals surface area (Å²) in [6.07, 6.45) is 0.940. The summed E-state index contributed by atoms with van der Waals surface area (Å²) in [5.74, 6) is -3.11. The van der Waals surface area contributed by atoms with Gasteiger partial charge in [-0.1, -0.05) is 13.2 Å². The number of methoxy groups -OCH3 is 2. The molecule has 41 heavy (non-hydrogen) atoms. The molecule has 14 heteroatoms. The minimum absolute atomic E-state index is 0.0334. The van der Waals surface area contributed by atoms with E-state index in [0.717, 1.165) is 6.08 Å². The fraction of sp³-hybridized carbons (Fsp3) is 0.630. The van der Waals surface area contributed by atoms with E-state index in [1.165, 1.54) is 21.1 Å². The fourth-order valence-electron chi connectivity index (χ4n) is 2.62. The van der Waals surface area contributed by atoms with Crippen molar-refractivity contribution in [2.24, 2.45) is 0 Å². The summed E-state index contributed by atoms with van der Waals surface area (Å²) in [7, 11) is 3.01. The van der Waals surface area contributed by atoms with E-state index in [1.807, 2.05) is 0 Å². The van der Waals surface area contributed by atoms with Gasteiger partial charge in [0.05, 0.1) is 26.1 Å². The third kappa shape index (κ3) is 23.8. The van der Waals surface area contributed by atoms with Gasteiger partial charge in [-0.2, -0.15) is 0 Å². The second-order valence-electron chi connectivity index (χ2n) is 9.67. The Morgan fingerprint density at radius 3 is 1.46 bits per heavy atom. The summed E-state index contributed by atoms with van der Waals surface area (Å²) >= 11 is 0. The number of nitrogens with one attached hydrogen (secondary N) is 2. The molecule has 0 aromatic heterocycles. The Morgan fingerprint density at radius 1 is 0.732 bits per heavy atom. The number of hydrogen-bond donors (Lipinski definition) is 2. The lowest BCUT2D eigenvalue weighted by Gasteiger charge is -2.24. The molecule has 0 atom stereocenters. The number of rotatable bonds is 18. The topological polar surface area (TPSA) is 182 Å². The van der Waals surface area contributed by atoms with Crippen LogP contribution < -0.4 is 10.6 Å². The number of amides is 2. The van der Waals surface area contributed by atoms with Crippen molar-refractivity contribution in [2.45, 2.75) is 58.7 Å². The molecule has 0 spiro atoms. The standard InChI is InChI=1S/C14H23NO6.C13H21NO6/c1-10(2)13(18)20-7-6-11(16)15-8-12(17)21-14(3,4)9-19-5;1-5-11(16)19-7-6-10(15)14-8-12(17)20-13(2,3)9-18-4/h1,6-9H2,2-5H3,(H,15,16);5H,1,6-9H2,2-4H3,(H,14,15). The van der Waals surface area contributed by atoms with Gasteiger partial charge < -0.3 is 39.1 Å². The zero-order chi connectivity index (χ0) is 32.1. The van der Waals surface area contributed by atoms with Gasteiger partial charge in [-0.05, 0) is 34.6 Å². The Balaban J connectivity index is 0. The van der Waals surface area contributed by atoms with E-state index in [2.05, 4.69) is 28.5 Å². The van der Waals surface area contributed by atoms with Gasteiger partial charge in [-0.3, -0.25) is 19.2 Å². The van der Waals surface area contributed by atoms with Gasteiger partial charge in [-0.15, -0.1) is 0 Å². The van der Waals surface area contributed by atoms with Crippen LogP contribution in [0.15, 0.2) is 24.8 Å². The molecule has 234 valence electrons. The molecule has 0 saturated carbocycles. The molecule has 2 N–H and O–H groups in total. The van der Waals surface area contributed by atoms with E-state index in [-0.39, 0.29) is 57.9 Å². The Morgan fingerprint density at radius 2 is 1.12 bits per heavy atom. The van der Waals surface area contributed by atoms with E-state index in [4.69, 9.17) is 23.7 Å². The largest absolute Gasteiger partial charge is 0.462 e. The number of carbonyl (C=O) groups excluding carboxylic acids is 6. The molecule has 0 aromatic rings. The van der Waals surface area contributed by atoms with E-state index in [9.17, 15) is 28.8 Å². The zero-order valence-corrected chi connectivity index (χ0v) is 25.0. The van der Waals surface area contributed by atoms with Crippen LogP contribution in [0.25, 0.3) is 0 Å². The Bertz CT molecular complexity index is 912. The monoisotopic (exact) mass is 588 g/mol. The SMILES string of the molecule is C=C(C)C(=O)OCCC(=O)NCC(=O)OC(C)(C)COC.C=CC(=O)OCCC(=O)NCC(=O)OC(C)(C)COC. The number of hydrogen-bond acceptors (Lipinski definition) is 12. The minimum Gasteiger partial charge on any atom is -0.462 e. The van der Waals surface area contributed by atoms with Gasteiger partial charge in [-0.25, -0.2) is 9.59 Å². The summed E-state index contributed by atoms with van der Waals surface area (Å²) in [5.41, 5.74) is -1.25. The van der Waals surface area contributed by atoms with E-state index < -0.39 is 46.9 Å². The highest BCUT2D eigenvalue weighted by molar-refractivity contribution is 5.87. The highest BCUT2D eigenvalue weighted by Gasteiger charge is 2.23. The van der Waals surface area contributed by atoms with Crippen molar-refractivity contribution in [1.82, 2.24) is 10.6 Å². The Labute approximate surface area is 241 Å². The van der Waals surface area contributed by atoms with Crippen molar-refractivity contribution in [3.8, 4) is 0 Å². The molecule has 14 nitrogen and oxygen atoms in total. The summed E-state index contributed by atoms with van der Waals surface area (Å²) < 4.78 is 29.4. The second-order valence-corrected chi connectivity index (χ2v) is 9.67. The van der Waals surface area contributed by atoms with Crippen molar-refractivity contribution in [3.63, 3.8) is 0 Å². The Hall–Kier alpha value is -3.78. The van der Waals surface area contributed by atoms with E-state index in [0.29, 0.717) is 0 Å². The van der Waals surface area contributed by atoms with Gasteiger partial charge in [0.15, 0.2) is 0 Å². The number of ether oxygens (including phenoxy) is 6. The first-order valence-electron chi connectivity index (χ1n) is 12.5. The normalized spacial score (nSPS) is 10.6. The predicted octanol–water partition coefficient (Wildman–Crippen LogP) is 0.770. The lowest BCUT2D eigenvalue weighted by atomic mass is 10.1. The second kappa shape index (κ2) is 21.0. The molecule has 2 amide bonds. The van der Waals surface area contributed by atoms with Crippen molar-refractivity contribution in [2.75, 3.05) is 53.7 Å². The maximum atomic E-state index is 11.5. The third-order valence-corrected chi connectivity index (χ3v) is 4.27. The molecule has 0 aliphatic carbocycles. The average Bonchev–Trinajstić information content (AvgIpc) is 2.85. The molecule has 0 rings (SSSR count). The summed E-state index contributed by atoms with van der Waals surface area (Å²) in [5, 5.41) is 4.75. The van der Waals surface area contributed by atoms with Crippen molar-refractivity contribution in [3.05, 3.63) is 24.8 Å². The van der Waals surface area contributed by atoms with Crippen LogP contribution in [0, 0.1) is 0 Å². The number of carbonyl (C=O) groups is 6. The highest BCUT2D eigenvalue weighted by atomic mass is 16.6. The first-order chi connectivity index (χ1) is 19.0. The molecule has 0 saturated heterocycles. The van der Waals surface area contributed by atoms with E-state index in [1.54, 1.807) is 27.7 Å². The molecule has 0 bridgehead atoms. The van der Waals surface area contributed by atoms with Gasteiger partial charge >= 0.3 is 23.9 Å². The fourth-order valence-corrected chi connectivity index (χ4v) is 2.62. The minimum atomic E-state index is -0.756. The first kappa shape index (κ1) is 39.4. The van der Waals surface area contributed by atoms with E-state index >= 15 is 0 Å². The molecule has 0 fully saturated rings. The first-order valence-corrected chi connectivity index (χ1v) is 12.5. The summed E-state index contributed by atoms with van der Waals surface area (Å²) in [6, 6.07) is 0. The molecular formula is C27H44N2O12. The average molecular weight is 589 g/mol. The lowest BCUT2D eigenvalue weighted by Crippen LogP contribution is -2.38. The molecule has 0 radical (unpaired) electrons. The van der Waals surface area contributed by atoms with Crippen LogP contribution in [0.5, 0.6) is 0 Å². The zero-order valence-electron chi connectivity index (χ0n) is 25.0. The van der Waals surface area contributed by atoms with Crippen LogP contribution in [0.1, 0.15) is 47.5 Å². The van der Waals surface area contributed by atoms with Crippen LogP contribution in [0.2, 0.25) is 0 Å². The van der Waals surface area contributed by atoms with Crippen molar-refractivity contribution >= 4 is 35.7 Å². The lowest BCUT2D eigenvalue weighted by molar-refractivity contribution is -0.161. The van der Waals surface area contributed by atoms with Crippen molar-refractivity contribution in [1.29, 1.82) is 0 Å². The molecule has 0 heterocycles. The van der Waals surface area contributed by atoms with Crippen molar-refractivity contribution < 1.29 is 57.2 Å². The van der Waals surface area contributed by atoms with Gasteiger partial charge in [0.2, 0.25) is 11.8 Å². The predicted molar refractivity (Wildman–Crippen MR) is 146 cm³/mol. The van der Waals surface area contributed by atoms with Gasteiger partial charge in [0, 0.05) is 25.9 Å². The van der Waals surface area contributed by atoms with Crippen LogP contribution in [0.4, 0.5) is 0 Å². The summed E-state index contributed by atoms with van der Waals surface area (Å²) in [6.45, 7) is 14.8. The van der Waals surface area contributed by atoms with Crippen LogP contribution in [0.3, 0.4) is 0 Å². The smallest absolute Gasteiger partial charge is 0.333 e. The van der Waals surface area contributed by atoms with Crippen LogP contribution in [-0.2, 0) is 57.2 Å². The maximum absolute atomic E-state index is 11.5. The van der Waals surface area contributed by atoms with Crippen LogP contribution in [-0.4, -0.2) is 101 Å². The summed E-state index contributed by atoms with van der Waals surface area (Å²) in [4.78, 5) is 67.6. The Kier molecular flexibility index (Phi) is 20.2. The van der Waals surface area contributed by atoms with Gasteiger partial charge in [0.1, 0.15) is 37.5 Å². The molecule has 0 aromatic carbocycles.